The second-order valence-electron chi connectivity index (χ2n) is 6.66. The van der Waals surface area contributed by atoms with Crippen molar-refractivity contribution in [2.75, 3.05) is 32.1 Å². The first-order valence-corrected chi connectivity index (χ1v) is 8.25. The topological polar surface area (TPSA) is 18.5 Å². The standard InChI is InChI=1S/C18H31N3/c1-6-21(15(3)13-20(4)5)18-10-7-16(14(2)11-18)12-19-17-8-9-17/h7,10-11,15,17,19H,6,8-9,12-13H2,1-5H3. The molecule has 0 amide bonds. The van der Waals surface area contributed by atoms with Crippen molar-refractivity contribution in [3.63, 3.8) is 0 Å². The first kappa shape index (κ1) is 16.3. The maximum absolute atomic E-state index is 3.60. The Balaban J connectivity index is 2.04. The van der Waals surface area contributed by atoms with Crippen molar-refractivity contribution in [2.45, 2.75) is 52.2 Å². The lowest BCUT2D eigenvalue weighted by Gasteiger charge is -2.32. The summed E-state index contributed by atoms with van der Waals surface area (Å²) in [5.74, 6) is 0. The highest BCUT2D eigenvalue weighted by atomic mass is 15.2. The molecule has 0 spiro atoms. The molecule has 118 valence electrons. The minimum atomic E-state index is 0.528. The third kappa shape index (κ3) is 4.72. The molecule has 1 atom stereocenters. The summed E-state index contributed by atoms with van der Waals surface area (Å²) in [6.07, 6.45) is 2.70. The summed E-state index contributed by atoms with van der Waals surface area (Å²) in [5, 5.41) is 3.60. The average Bonchev–Trinajstić information content (AvgIpc) is 3.21. The molecule has 0 aromatic heterocycles. The van der Waals surface area contributed by atoms with E-state index in [4.69, 9.17) is 0 Å². The number of hydrogen-bond donors (Lipinski definition) is 1. The van der Waals surface area contributed by atoms with Crippen molar-refractivity contribution in [3.05, 3.63) is 29.3 Å². The third-order valence-corrected chi connectivity index (χ3v) is 4.32. The molecule has 1 fully saturated rings. The van der Waals surface area contributed by atoms with Gasteiger partial charge in [0.15, 0.2) is 0 Å². The zero-order valence-electron chi connectivity index (χ0n) is 14.3. The lowest BCUT2D eigenvalue weighted by molar-refractivity contribution is 0.373. The fraction of sp³-hybridized carbons (Fsp3) is 0.667. The van der Waals surface area contributed by atoms with Crippen LogP contribution in [0.3, 0.4) is 0 Å². The number of aryl methyl sites for hydroxylation is 1. The number of rotatable bonds is 8. The van der Waals surface area contributed by atoms with Crippen LogP contribution in [0.25, 0.3) is 0 Å². The van der Waals surface area contributed by atoms with Gasteiger partial charge in [-0.3, -0.25) is 0 Å². The van der Waals surface area contributed by atoms with Crippen molar-refractivity contribution in [1.82, 2.24) is 10.2 Å². The van der Waals surface area contributed by atoms with Gasteiger partial charge in [0.05, 0.1) is 0 Å². The van der Waals surface area contributed by atoms with Crippen LogP contribution in [0.15, 0.2) is 18.2 Å². The van der Waals surface area contributed by atoms with Gasteiger partial charge >= 0.3 is 0 Å². The van der Waals surface area contributed by atoms with Gasteiger partial charge in [-0.2, -0.15) is 0 Å². The van der Waals surface area contributed by atoms with Crippen molar-refractivity contribution < 1.29 is 0 Å². The van der Waals surface area contributed by atoms with Gasteiger partial charge < -0.3 is 15.1 Å². The van der Waals surface area contributed by atoms with Crippen LogP contribution in [-0.4, -0.2) is 44.2 Å². The van der Waals surface area contributed by atoms with E-state index >= 15 is 0 Å². The third-order valence-electron chi connectivity index (χ3n) is 4.32. The summed E-state index contributed by atoms with van der Waals surface area (Å²) in [7, 11) is 4.28. The smallest absolute Gasteiger partial charge is 0.0388 e. The Labute approximate surface area is 130 Å². The van der Waals surface area contributed by atoms with Gasteiger partial charge in [0.1, 0.15) is 0 Å². The Bertz CT molecular complexity index is 452. The van der Waals surface area contributed by atoms with E-state index in [9.17, 15) is 0 Å². The Morgan fingerprint density at radius 2 is 2.00 bits per heavy atom. The number of nitrogens with zero attached hydrogens (tertiary/aromatic N) is 2. The summed E-state index contributed by atoms with van der Waals surface area (Å²) in [6.45, 7) is 9.92. The van der Waals surface area contributed by atoms with Gasteiger partial charge in [-0.1, -0.05) is 6.07 Å². The van der Waals surface area contributed by atoms with E-state index in [1.54, 1.807) is 0 Å². The Hall–Kier alpha value is -1.06. The first-order valence-electron chi connectivity index (χ1n) is 8.25. The molecule has 1 N–H and O–H groups in total. The molecular formula is C18H31N3. The van der Waals surface area contributed by atoms with E-state index in [2.05, 4.69) is 68.2 Å². The molecule has 1 unspecified atom stereocenters. The van der Waals surface area contributed by atoms with E-state index in [-0.39, 0.29) is 0 Å². The SMILES string of the molecule is CCN(c1ccc(CNC2CC2)c(C)c1)C(C)CN(C)C. The summed E-state index contributed by atoms with van der Waals surface area (Å²) in [5.41, 5.74) is 4.18. The predicted octanol–water partition coefficient (Wildman–Crippen LogP) is 3.02. The number of likely N-dealkylation sites (N-methyl/N-ethyl adjacent to an activating group) is 2. The molecule has 0 aliphatic heterocycles. The lowest BCUT2D eigenvalue weighted by atomic mass is 10.1. The monoisotopic (exact) mass is 289 g/mol. The van der Waals surface area contributed by atoms with Gasteiger partial charge in [0.2, 0.25) is 0 Å². The summed E-state index contributed by atoms with van der Waals surface area (Å²) in [6, 6.07) is 8.23. The van der Waals surface area contributed by atoms with Gasteiger partial charge in [-0.25, -0.2) is 0 Å². The van der Waals surface area contributed by atoms with Crippen LogP contribution in [0.5, 0.6) is 0 Å². The molecular weight excluding hydrogens is 258 g/mol. The molecule has 2 rings (SSSR count). The molecule has 0 heterocycles. The summed E-state index contributed by atoms with van der Waals surface area (Å²) >= 11 is 0. The van der Waals surface area contributed by atoms with Crippen LogP contribution >= 0.6 is 0 Å². The van der Waals surface area contributed by atoms with Crippen LogP contribution in [0.1, 0.15) is 37.8 Å². The molecule has 1 aliphatic rings. The van der Waals surface area contributed by atoms with Crippen LogP contribution in [0.2, 0.25) is 0 Å². The van der Waals surface area contributed by atoms with Gasteiger partial charge in [-0.05, 0) is 71.0 Å². The molecule has 0 bridgehead atoms. The zero-order valence-corrected chi connectivity index (χ0v) is 14.3. The normalized spacial score (nSPS) is 16.3. The van der Waals surface area contributed by atoms with Gasteiger partial charge in [0, 0.05) is 37.4 Å². The van der Waals surface area contributed by atoms with Gasteiger partial charge in [-0.15, -0.1) is 0 Å². The molecule has 1 saturated carbocycles. The predicted molar refractivity (Wildman–Crippen MR) is 92.1 cm³/mol. The Kier molecular flexibility index (Phi) is 5.65. The Morgan fingerprint density at radius 3 is 2.52 bits per heavy atom. The highest BCUT2D eigenvalue weighted by Gasteiger charge is 2.20. The van der Waals surface area contributed by atoms with E-state index < -0.39 is 0 Å². The fourth-order valence-corrected chi connectivity index (χ4v) is 2.97. The largest absolute Gasteiger partial charge is 0.368 e. The van der Waals surface area contributed by atoms with E-state index in [0.717, 1.165) is 25.7 Å². The lowest BCUT2D eigenvalue weighted by Crippen LogP contribution is -2.40. The second-order valence-corrected chi connectivity index (χ2v) is 6.66. The molecule has 1 aliphatic carbocycles. The number of nitrogens with one attached hydrogen (secondary N) is 1. The molecule has 1 aromatic carbocycles. The van der Waals surface area contributed by atoms with Crippen molar-refractivity contribution in [1.29, 1.82) is 0 Å². The average molecular weight is 289 g/mol. The number of benzene rings is 1. The molecule has 0 saturated heterocycles. The molecule has 0 radical (unpaired) electrons. The second kappa shape index (κ2) is 7.28. The highest BCUT2D eigenvalue weighted by Crippen LogP contribution is 2.23. The fourth-order valence-electron chi connectivity index (χ4n) is 2.97. The highest BCUT2D eigenvalue weighted by molar-refractivity contribution is 5.51. The number of anilines is 1. The van der Waals surface area contributed by atoms with Crippen molar-refractivity contribution in [3.8, 4) is 0 Å². The van der Waals surface area contributed by atoms with Crippen LogP contribution in [-0.2, 0) is 6.54 Å². The maximum atomic E-state index is 3.60. The molecule has 21 heavy (non-hydrogen) atoms. The number of hydrogen-bond acceptors (Lipinski definition) is 3. The van der Waals surface area contributed by atoms with E-state index in [1.165, 1.54) is 29.7 Å². The van der Waals surface area contributed by atoms with Gasteiger partial charge in [0.25, 0.3) is 0 Å². The van der Waals surface area contributed by atoms with Crippen LogP contribution in [0.4, 0.5) is 5.69 Å². The first-order chi connectivity index (χ1) is 10.0. The molecule has 1 aromatic rings. The van der Waals surface area contributed by atoms with E-state index in [0.29, 0.717) is 6.04 Å². The molecule has 3 heteroatoms. The minimum absolute atomic E-state index is 0.528. The van der Waals surface area contributed by atoms with Crippen molar-refractivity contribution in [2.24, 2.45) is 0 Å². The van der Waals surface area contributed by atoms with Crippen molar-refractivity contribution >= 4 is 5.69 Å². The maximum Gasteiger partial charge on any atom is 0.0388 e. The zero-order chi connectivity index (χ0) is 15.4. The van der Waals surface area contributed by atoms with E-state index in [1.807, 2.05) is 0 Å². The quantitative estimate of drug-likeness (QED) is 0.793. The Morgan fingerprint density at radius 1 is 1.29 bits per heavy atom. The summed E-state index contributed by atoms with van der Waals surface area (Å²) < 4.78 is 0. The molecule has 3 nitrogen and oxygen atoms in total. The summed E-state index contributed by atoms with van der Waals surface area (Å²) in [4.78, 5) is 4.75. The van der Waals surface area contributed by atoms with Crippen LogP contribution in [0, 0.1) is 6.92 Å². The minimum Gasteiger partial charge on any atom is -0.368 e. The van der Waals surface area contributed by atoms with Crippen LogP contribution < -0.4 is 10.2 Å².